The van der Waals surface area contributed by atoms with Crippen LogP contribution in [-0.4, -0.2) is 45.3 Å². The lowest BCUT2D eigenvalue weighted by molar-refractivity contribution is 0.0948. The quantitative estimate of drug-likeness (QED) is 0.586. The summed E-state index contributed by atoms with van der Waals surface area (Å²) in [5.41, 5.74) is 1.02. The first-order chi connectivity index (χ1) is 12.9. The molecule has 0 aliphatic carbocycles. The lowest BCUT2D eigenvalue weighted by Gasteiger charge is -2.07. The highest BCUT2D eigenvalue weighted by atomic mass is 32.2. The SMILES string of the molecule is CCS(=O)(=O)Nc1ccc(Sc2ccc(C(=O)NCCCOC)cn2)cc1. The number of methoxy groups -OCH3 is 1. The summed E-state index contributed by atoms with van der Waals surface area (Å²) in [6.45, 7) is 2.74. The second kappa shape index (κ2) is 10.3. The van der Waals surface area contributed by atoms with Gasteiger partial charge < -0.3 is 10.1 Å². The number of hydrogen-bond acceptors (Lipinski definition) is 6. The van der Waals surface area contributed by atoms with E-state index in [0.29, 0.717) is 24.4 Å². The maximum absolute atomic E-state index is 12.0. The highest BCUT2D eigenvalue weighted by Crippen LogP contribution is 2.27. The average Bonchev–Trinajstić information content (AvgIpc) is 2.67. The van der Waals surface area contributed by atoms with E-state index in [1.165, 1.54) is 18.0 Å². The van der Waals surface area contributed by atoms with E-state index in [4.69, 9.17) is 4.74 Å². The van der Waals surface area contributed by atoms with E-state index in [2.05, 4.69) is 15.0 Å². The van der Waals surface area contributed by atoms with Crippen molar-refractivity contribution in [2.24, 2.45) is 0 Å². The predicted octanol–water partition coefficient (Wildman–Crippen LogP) is 2.76. The molecule has 0 aliphatic rings. The van der Waals surface area contributed by atoms with Gasteiger partial charge in [-0.2, -0.15) is 0 Å². The van der Waals surface area contributed by atoms with Crippen LogP contribution in [0.15, 0.2) is 52.5 Å². The van der Waals surface area contributed by atoms with Gasteiger partial charge in [0, 0.05) is 37.0 Å². The minimum Gasteiger partial charge on any atom is -0.385 e. The number of nitrogens with one attached hydrogen (secondary N) is 2. The molecule has 0 bridgehead atoms. The van der Waals surface area contributed by atoms with Crippen LogP contribution in [-0.2, 0) is 14.8 Å². The van der Waals surface area contributed by atoms with Gasteiger partial charge in [-0.1, -0.05) is 11.8 Å². The standard InChI is InChI=1S/C18H23N3O4S2/c1-3-27(23,24)21-15-6-8-16(9-7-15)26-17-10-5-14(13-20-17)18(22)19-11-4-12-25-2/h5-10,13,21H,3-4,11-12H2,1-2H3,(H,19,22). The first kappa shape index (κ1) is 21.2. The summed E-state index contributed by atoms with van der Waals surface area (Å²) in [6.07, 6.45) is 2.30. The molecular weight excluding hydrogens is 386 g/mol. The topological polar surface area (TPSA) is 97.4 Å². The molecule has 0 spiro atoms. The molecule has 2 N–H and O–H groups in total. The molecule has 146 valence electrons. The Hall–Kier alpha value is -2.10. The van der Waals surface area contributed by atoms with Crippen LogP contribution in [0.25, 0.3) is 0 Å². The Morgan fingerprint density at radius 1 is 1.19 bits per heavy atom. The number of pyridine rings is 1. The van der Waals surface area contributed by atoms with E-state index in [0.717, 1.165) is 16.3 Å². The van der Waals surface area contributed by atoms with Crippen molar-refractivity contribution in [3.8, 4) is 0 Å². The van der Waals surface area contributed by atoms with Crippen molar-refractivity contribution >= 4 is 33.4 Å². The van der Waals surface area contributed by atoms with E-state index in [1.807, 2.05) is 12.1 Å². The third-order valence-corrected chi connectivity index (χ3v) is 5.80. The molecule has 0 aliphatic heterocycles. The summed E-state index contributed by atoms with van der Waals surface area (Å²) in [5.74, 6) is -0.137. The molecule has 1 heterocycles. The first-order valence-electron chi connectivity index (χ1n) is 8.45. The van der Waals surface area contributed by atoms with Crippen LogP contribution in [0, 0.1) is 0 Å². The summed E-state index contributed by atoms with van der Waals surface area (Å²) in [7, 11) is -1.66. The van der Waals surface area contributed by atoms with E-state index < -0.39 is 10.0 Å². The normalized spacial score (nSPS) is 11.2. The van der Waals surface area contributed by atoms with Crippen molar-refractivity contribution in [1.29, 1.82) is 0 Å². The van der Waals surface area contributed by atoms with Gasteiger partial charge in [0.1, 0.15) is 5.03 Å². The van der Waals surface area contributed by atoms with E-state index in [1.54, 1.807) is 38.3 Å². The summed E-state index contributed by atoms with van der Waals surface area (Å²) in [6, 6.07) is 10.6. The minimum absolute atomic E-state index is 0.0275. The molecule has 0 radical (unpaired) electrons. The van der Waals surface area contributed by atoms with Gasteiger partial charge in [-0.15, -0.1) is 0 Å². The second-order valence-corrected chi connectivity index (χ2v) is 8.72. The zero-order valence-corrected chi connectivity index (χ0v) is 16.9. The van der Waals surface area contributed by atoms with Crippen molar-refractivity contribution in [2.75, 3.05) is 30.7 Å². The van der Waals surface area contributed by atoms with E-state index in [-0.39, 0.29) is 11.7 Å². The summed E-state index contributed by atoms with van der Waals surface area (Å²) < 4.78 is 30.6. The first-order valence-corrected chi connectivity index (χ1v) is 10.9. The van der Waals surface area contributed by atoms with Gasteiger partial charge in [0.2, 0.25) is 10.0 Å². The highest BCUT2D eigenvalue weighted by Gasteiger charge is 2.08. The number of carbonyl (C=O) groups excluding carboxylic acids is 1. The number of aromatic nitrogens is 1. The molecule has 1 aromatic carbocycles. The number of sulfonamides is 1. The van der Waals surface area contributed by atoms with Crippen LogP contribution >= 0.6 is 11.8 Å². The molecule has 7 nitrogen and oxygen atoms in total. The zero-order chi connectivity index (χ0) is 19.7. The Kier molecular flexibility index (Phi) is 8.08. The van der Waals surface area contributed by atoms with Crippen LogP contribution in [0.4, 0.5) is 5.69 Å². The Morgan fingerprint density at radius 2 is 1.93 bits per heavy atom. The number of carbonyl (C=O) groups is 1. The lowest BCUT2D eigenvalue weighted by atomic mass is 10.2. The van der Waals surface area contributed by atoms with E-state index in [9.17, 15) is 13.2 Å². The van der Waals surface area contributed by atoms with Crippen LogP contribution in [0.2, 0.25) is 0 Å². The van der Waals surface area contributed by atoms with Crippen molar-refractivity contribution in [3.63, 3.8) is 0 Å². The summed E-state index contributed by atoms with van der Waals surface area (Å²) >= 11 is 1.43. The molecular formula is C18H23N3O4S2. The summed E-state index contributed by atoms with van der Waals surface area (Å²) in [4.78, 5) is 17.2. The molecule has 0 atom stereocenters. The van der Waals surface area contributed by atoms with Crippen molar-refractivity contribution in [2.45, 2.75) is 23.3 Å². The van der Waals surface area contributed by atoms with Crippen LogP contribution in [0.1, 0.15) is 23.7 Å². The van der Waals surface area contributed by atoms with Gasteiger partial charge in [-0.25, -0.2) is 13.4 Å². The number of hydrogen-bond donors (Lipinski definition) is 2. The van der Waals surface area contributed by atoms with Crippen molar-refractivity contribution < 1.29 is 17.9 Å². The molecule has 27 heavy (non-hydrogen) atoms. The van der Waals surface area contributed by atoms with Crippen LogP contribution in [0.3, 0.4) is 0 Å². The number of amides is 1. The van der Waals surface area contributed by atoms with Gasteiger partial charge in [0.25, 0.3) is 5.91 Å². The molecule has 0 fully saturated rings. The molecule has 9 heteroatoms. The van der Waals surface area contributed by atoms with Gasteiger partial charge in [-0.05, 0) is 49.7 Å². The Morgan fingerprint density at radius 3 is 2.52 bits per heavy atom. The Balaban J connectivity index is 1.91. The fraction of sp³-hybridized carbons (Fsp3) is 0.333. The minimum atomic E-state index is -3.28. The zero-order valence-electron chi connectivity index (χ0n) is 15.3. The number of anilines is 1. The molecule has 2 aromatic rings. The van der Waals surface area contributed by atoms with Gasteiger partial charge in [0.15, 0.2) is 0 Å². The highest BCUT2D eigenvalue weighted by molar-refractivity contribution is 7.99. The Labute approximate surface area is 164 Å². The number of nitrogens with zero attached hydrogens (tertiary/aromatic N) is 1. The molecule has 1 amide bonds. The molecule has 0 saturated heterocycles. The Bertz CT molecular complexity index is 838. The molecule has 2 rings (SSSR count). The number of ether oxygens (including phenoxy) is 1. The fourth-order valence-corrected chi connectivity index (χ4v) is 3.45. The van der Waals surface area contributed by atoms with Crippen molar-refractivity contribution in [3.05, 3.63) is 48.2 Å². The number of rotatable bonds is 10. The fourth-order valence-electron chi connectivity index (χ4n) is 2.06. The maximum atomic E-state index is 12.0. The summed E-state index contributed by atoms with van der Waals surface area (Å²) in [5, 5.41) is 3.55. The molecule has 0 saturated carbocycles. The number of benzene rings is 1. The second-order valence-electron chi connectivity index (χ2n) is 5.62. The van der Waals surface area contributed by atoms with Crippen LogP contribution < -0.4 is 10.0 Å². The lowest BCUT2D eigenvalue weighted by Crippen LogP contribution is -2.25. The molecule has 1 aromatic heterocycles. The van der Waals surface area contributed by atoms with Crippen molar-refractivity contribution in [1.82, 2.24) is 10.3 Å². The molecule has 0 unspecified atom stereocenters. The van der Waals surface area contributed by atoms with Crippen LogP contribution in [0.5, 0.6) is 0 Å². The monoisotopic (exact) mass is 409 g/mol. The van der Waals surface area contributed by atoms with Gasteiger partial charge in [-0.3, -0.25) is 9.52 Å². The largest absolute Gasteiger partial charge is 0.385 e. The average molecular weight is 410 g/mol. The third kappa shape index (κ3) is 7.20. The van der Waals surface area contributed by atoms with Gasteiger partial charge >= 0.3 is 0 Å². The van der Waals surface area contributed by atoms with E-state index >= 15 is 0 Å². The maximum Gasteiger partial charge on any atom is 0.252 e. The third-order valence-electron chi connectivity index (χ3n) is 3.54. The predicted molar refractivity (Wildman–Crippen MR) is 107 cm³/mol. The van der Waals surface area contributed by atoms with Gasteiger partial charge in [0.05, 0.1) is 11.3 Å². The smallest absolute Gasteiger partial charge is 0.252 e.